The van der Waals surface area contributed by atoms with Gasteiger partial charge in [0.15, 0.2) is 0 Å². The summed E-state index contributed by atoms with van der Waals surface area (Å²) in [6, 6.07) is 6.17. The van der Waals surface area contributed by atoms with E-state index in [4.69, 9.17) is 0 Å². The molecule has 3 nitrogen and oxygen atoms in total. The Kier molecular flexibility index (Phi) is 5.16. The van der Waals surface area contributed by atoms with Crippen molar-refractivity contribution in [2.24, 2.45) is 11.8 Å². The standard InChI is InChI=1S/C17H26N2O/c1-12(2)6-4-9-16(20)19-17(14-10-11-14)15-8-5-7-13(3)18-15/h5,7-8,12,14,17H,4,6,9-11H2,1-3H3,(H,19,20)/t17-/m1/s1. The van der Waals surface area contributed by atoms with Crippen molar-refractivity contribution in [3.8, 4) is 0 Å². The normalized spacial score (nSPS) is 16.2. The number of hydrogen-bond acceptors (Lipinski definition) is 2. The molecule has 2 rings (SSSR count). The second-order valence-corrected chi connectivity index (χ2v) is 6.37. The van der Waals surface area contributed by atoms with Gasteiger partial charge in [0.1, 0.15) is 0 Å². The first kappa shape index (κ1) is 15.0. The van der Waals surface area contributed by atoms with Crippen molar-refractivity contribution in [3.05, 3.63) is 29.6 Å². The minimum absolute atomic E-state index is 0.112. The zero-order valence-corrected chi connectivity index (χ0v) is 12.9. The minimum atomic E-state index is 0.112. The van der Waals surface area contributed by atoms with Crippen LogP contribution in [0.25, 0.3) is 0 Å². The van der Waals surface area contributed by atoms with Crippen molar-refractivity contribution >= 4 is 5.91 Å². The Labute approximate surface area is 122 Å². The predicted molar refractivity (Wildman–Crippen MR) is 81.3 cm³/mol. The average molecular weight is 274 g/mol. The molecule has 0 aliphatic heterocycles. The molecule has 1 saturated carbocycles. The lowest BCUT2D eigenvalue weighted by molar-refractivity contribution is -0.122. The topological polar surface area (TPSA) is 42.0 Å². The summed E-state index contributed by atoms with van der Waals surface area (Å²) >= 11 is 0. The predicted octanol–water partition coefficient (Wildman–Crippen LogP) is 3.78. The summed E-state index contributed by atoms with van der Waals surface area (Å²) in [6.07, 6.45) is 5.12. The van der Waals surface area contributed by atoms with E-state index >= 15 is 0 Å². The van der Waals surface area contributed by atoms with Crippen LogP contribution in [-0.2, 0) is 4.79 Å². The van der Waals surface area contributed by atoms with Gasteiger partial charge in [-0.15, -0.1) is 0 Å². The third kappa shape index (κ3) is 4.62. The van der Waals surface area contributed by atoms with Crippen LogP contribution in [0.4, 0.5) is 0 Å². The molecule has 0 bridgehead atoms. The molecule has 0 unspecified atom stereocenters. The highest BCUT2D eigenvalue weighted by Crippen LogP contribution is 2.40. The van der Waals surface area contributed by atoms with E-state index in [9.17, 15) is 4.79 Å². The van der Waals surface area contributed by atoms with Gasteiger partial charge in [-0.1, -0.05) is 26.3 Å². The molecule has 1 aliphatic rings. The van der Waals surface area contributed by atoms with E-state index in [1.165, 1.54) is 12.8 Å². The molecule has 110 valence electrons. The summed E-state index contributed by atoms with van der Waals surface area (Å²) in [4.78, 5) is 16.7. The average Bonchev–Trinajstić information content (AvgIpc) is 3.19. The molecule has 0 radical (unpaired) electrons. The molecule has 1 aliphatic carbocycles. The molecule has 1 N–H and O–H groups in total. The smallest absolute Gasteiger partial charge is 0.220 e. The van der Waals surface area contributed by atoms with Gasteiger partial charge < -0.3 is 5.32 Å². The third-order valence-electron chi connectivity index (χ3n) is 3.82. The maximum absolute atomic E-state index is 12.1. The van der Waals surface area contributed by atoms with Crippen molar-refractivity contribution in [3.63, 3.8) is 0 Å². The molecule has 1 atom stereocenters. The van der Waals surface area contributed by atoms with Crippen molar-refractivity contribution in [1.29, 1.82) is 0 Å². The molecule has 0 aromatic carbocycles. The number of aryl methyl sites for hydroxylation is 1. The fourth-order valence-electron chi connectivity index (χ4n) is 2.52. The van der Waals surface area contributed by atoms with Gasteiger partial charge in [0, 0.05) is 12.1 Å². The number of nitrogens with zero attached hydrogens (tertiary/aromatic N) is 1. The molecule has 0 saturated heterocycles. The Balaban J connectivity index is 1.91. The first-order valence-electron chi connectivity index (χ1n) is 7.79. The van der Waals surface area contributed by atoms with Crippen LogP contribution >= 0.6 is 0 Å². The molecule has 1 heterocycles. The van der Waals surface area contributed by atoms with E-state index in [1.54, 1.807) is 0 Å². The van der Waals surface area contributed by atoms with Gasteiger partial charge in [-0.3, -0.25) is 9.78 Å². The quantitative estimate of drug-likeness (QED) is 0.822. The number of hydrogen-bond donors (Lipinski definition) is 1. The van der Waals surface area contributed by atoms with Gasteiger partial charge in [-0.25, -0.2) is 0 Å². The minimum Gasteiger partial charge on any atom is -0.347 e. The lowest BCUT2D eigenvalue weighted by atomic mass is 10.0. The highest BCUT2D eigenvalue weighted by atomic mass is 16.1. The number of carbonyl (C=O) groups excluding carboxylic acids is 1. The molecule has 3 heteroatoms. The van der Waals surface area contributed by atoms with Gasteiger partial charge in [0.05, 0.1) is 11.7 Å². The fraction of sp³-hybridized carbons (Fsp3) is 0.647. The Morgan fingerprint density at radius 2 is 2.15 bits per heavy atom. The number of carbonyl (C=O) groups is 1. The summed E-state index contributed by atoms with van der Waals surface area (Å²) in [5, 5.41) is 3.19. The van der Waals surface area contributed by atoms with Crippen LogP contribution in [0.1, 0.15) is 63.4 Å². The molecule has 1 amide bonds. The largest absolute Gasteiger partial charge is 0.347 e. The second kappa shape index (κ2) is 6.87. The monoisotopic (exact) mass is 274 g/mol. The van der Waals surface area contributed by atoms with Crippen LogP contribution in [0.3, 0.4) is 0 Å². The van der Waals surface area contributed by atoms with Crippen LogP contribution in [-0.4, -0.2) is 10.9 Å². The van der Waals surface area contributed by atoms with Crippen molar-refractivity contribution in [1.82, 2.24) is 10.3 Å². The van der Waals surface area contributed by atoms with E-state index < -0.39 is 0 Å². The van der Waals surface area contributed by atoms with Gasteiger partial charge >= 0.3 is 0 Å². The molecule has 1 fully saturated rings. The van der Waals surface area contributed by atoms with E-state index in [2.05, 4.69) is 24.1 Å². The highest BCUT2D eigenvalue weighted by molar-refractivity contribution is 5.76. The van der Waals surface area contributed by atoms with E-state index in [1.807, 2.05) is 25.1 Å². The van der Waals surface area contributed by atoms with Crippen LogP contribution < -0.4 is 5.32 Å². The number of nitrogens with one attached hydrogen (secondary N) is 1. The number of aromatic nitrogens is 1. The maximum atomic E-state index is 12.1. The maximum Gasteiger partial charge on any atom is 0.220 e. The Hall–Kier alpha value is -1.38. The summed E-state index contributed by atoms with van der Waals surface area (Å²) < 4.78 is 0. The first-order valence-corrected chi connectivity index (χ1v) is 7.79. The first-order chi connectivity index (χ1) is 9.56. The number of amides is 1. The van der Waals surface area contributed by atoms with Crippen LogP contribution in [0.2, 0.25) is 0 Å². The Bertz CT molecular complexity index is 452. The van der Waals surface area contributed by atoms with E-state index in [0.717, 1.165) is 24.2 Å². The summed E-state index contributed by atoms with van der Waals surface area (Å²) in [6.45, 7) is 6.39. The number of rotatable bonds is 7. The summed E-state index contributed by atoms with van der Waals surface area (Å²) in [5.41, 5.74) is 2.03. The van der Waals surface area contributed by atoms with Gasteiger partial charge in [0.2, 0.25) is 5.91 Å². The lowest BCUT2D eigenvalue weighted by Crippen LogP contribution is -2.30. The second-order valence-electron chi connectivity index (χ2n) is 6.37. The Morgan fingerprint density at radius 1 is 1.40 bits per heavy atom. The van der Waals surface area contributed by atoms with Gasteiger partial charge in [-0.2, -0.15) is 0 Å². The number of pyridine rings is 1. The third-order valence-corrected chi connectivity index (χ3v) is 3.82. The zero-order chi connectivity index (χ0) is 14.5. The molecule has 0 spiro atoms. The molecule has 1 aromatic rings. The van der Waals surface area contributed by atoms with E-state index in [-0.39, 0.29) is 11.9 Å². The summed E-state index contributed by atoms with van der Waals surface area (Å²) in [5.74, 6) is 1.42. The van der Waals surface area contributed by atoms with Crippen molar-refractivity contribution in [2.45, 2.75) is 58.9 Å². The van der Waals surface area contributed by atoms with Crippen LogP contribution in [0, 0.1) is 18.8 Å². The zero-order valence-electron chi connectivity index (χ0n) is 12.9. The Morgan fingerprint density at radius 3 is 2.75 bits per heavy atom. The van der Waals surface area contributed by atoms with Crippen LogP contribution in [0.5, 0.6) is 0 Å². The summed E-state index contributed by atoms with van der Waals surface area (Å²) in [7, 11) is 0. The van der Waals surface area contributed by atoms with Crippen LogP contribution in [0.15, 0.2) is 18.2 Å². The molecule has 20 heavy (non-hydrogen) atoms. The van der Waals surface area contributed by atoms with Crippen molar-refractivity contribution in [2.75, 3.05) is 0 Å². The van der Waals surface area contributed by atoms with Crippen molar-refractivity contribution < 1.29 is 4.79 Å². The SMILES string of the molecule is Cc1cccc([C@H](NC(=O)CCCC(C)C)C2CC2)n1. The highest BCUT2D eigenvalue weighted by Gasteiger charge is 2.34. The molecular formula is C17H26N2O. The van der Waals surface area contributed by atoms with Gasteiger partial charge in [0.25, 0.3) is 0 Å². The fourth-order valence-corrected chi connectivity index (χ4v) is 2.52. The molecular weight excluding hydrogens is 248 g/mol. The molecule has 1 aromatic heterocycles. The van der Waals surface area contributed by atoms with E-state index in [0.29, 0.717) is 18.3 Å². The van der Waals surface area contributed by atoms with Gasteiger partial charge in [-0.05, 0) is 50.2 Å². The lowest BCUT2D eigenvalue weighted by Gasteiger charge is -2.18.